The Morgan fingerprint density at radius 3 is 1.81 bits per heavy atom. The normalized spacial score (nSPS) is 14.8. The number of hydrogen-bond acceptors (Lipinski definition) is 2. The van der Waals surface area contributed by atoms with Gasteiger partial charge in [0, 0.05) is 32.7 Å². The molecule has 9 aromatic carbocycles. The van der Waals surface area contributed by atoms with Crippen molar-refractivity contribution >= 4 is 32.8 Å². The second-order valence-corrected chi connectivity index (χ2v) is 23.0. The van der Waals surface area contributed by atoms with Crippen molar-refractivity contribution in [2.75, 3.05) is 0 Å². The van der Waals surface area contributed by atoms with Gasteiger partial charge in [0.25, 0.3) is 6.33 Å². The molecule has 0 bridgehead atoms. The standard InChI is InChI=1S/C73H66N4O/c1-48-37-69(74-46-64(48)50-25-15-12-16-26-50)77-65-32-18-17-31-60(65)61-36-35-59(45-68(61)77)78-58-30-22-29-57(44-58)75-47-76(67-34-20-19-33-66(67)75)70-62(51-27-21-28-54(38-51)71(2,3)4)41-52(49-23-13-11-14-24-49)42-63(70)53-39-55(72(5,6)7)43-56(40-53)73(8,9)10/h11-46H,1-10H3/i1D3,11D,12D,13D,14D,15D,16D,23D,24D,25D,26D. The first kappa shape index (κ1) is 37.1. The SMILES string of the molecule is [2H]c1c([2H])c([2H])c(-c2cc(-c3cccc(C(C)(C)C)c3)c(-[n+]3[c-]n(-c4cccc(Oc5ccc6c7ccccc7n(-c7cc(C([2H])([2H])[2H])c(-c8c([2H])c([2H])c([2H])c([2H])c8[2H])cn7)c6c5)c4)c4ccccc43)c(-c3cc(C(C)(C)C)cc(C(C)(C)C)c3)c2)c([2H])c1[2H]. The van der Waals surface area contributed by atoms with E-state index >= 15 is 0 Å². The molecule has 0 atom stereocenters. The lowest BCUT2D eigenvalue weighted by molar-refractivity contribution is -0.571. The number of imidazole rings is 1. The molecule has 0 aliphatic rings. The van der Waals surface area contributed by atoms with Crippen LogP contribution in [-0.4, -0.2) is 14.1 Å². The van der Waals surface area contributed by atoms with E-state index in [9.17, 15) is 2.74 Å². The van der Waals surface area contributed by atoms with Crippen molar-refractivity contribution in [1.82, 2.24) is 14.1 Å². The molecule has 0 aliphatic carbocycles. The van der Waals surface area contributed by atoms with Gasteiger partial charge in [-0.05, 0) is 139 Å². The summed E-state index contributed by atoms with van der Waals surface area (Å²) in [5.74, 6) is 1.17. The predicted octanol–water partition coefficient (Wildman–Crippen LogP) is 18.9. The van der Waals surface area contributed by atoms with Crippen LogP contribution in [-0.2, 0) is 16.2 Å². The minimum Gasteiger partial charge on any atom is -0.458 e. The molecule has 12 aromatic rings. The summed E-state index contributed by atoms with van der Waals surface area (Å²) >= 11 is 0. The molecule has 0 saturated carbocycles. The summed E-state index contributed by atoms with van der Waals surface area (Å²) in [5, 5.41) is 1.68. The van der Waals surface area contributed by atoms with Gasteiger partial charge in [0.15, 0.2) is 0 Å². The lowest BCUT2D eigenvalue weighted by Crippen LogP contribution is -2.31. The number of fused-ring (bicyclic) bond motifs is 4. The second-order valence-electron chi connectivity index (χ2n) is 23.0. The Balaban J connectivity index is 1.05. The third-order valence-electron chi connectivity index (χ3n) is 14.5. The summed E-state index contributed by atoms with van der Waals surface area (Å²) in [6.07, 6.45) is 5.07. The molecule has 3 aromatic heterocycles. The van der Waals surface area contributed by atoms with Gasteiger partial charge in [-0.25, -0.2) is 4.98 Å². The van der Waals surface area contributed by atoms with E-state index in [4.69, 9.17) is 24.8 Å². The van der Waals surface area contributed by atoms with Crippen molar-refractivity contribution in [2.24, 2.45) is 0 Å². The number of aromatic nitrogens is 4. The zero-order valence-corrected chi connectivity index (χ0v) is 45.2. The molecule has 0 spiro atoms. The molecule has 5 heteroatoms. The minimum absolute atomic E-state index is 0.0901. The fraction of sp³-hybridized carbons (Fsp3) is 0.178. The number of rotatable bonds is 9. The molecule has 0 aliphatic heterocycles. The van der Waals surface area contributed by atoms with Gasteiger partial charge in [-0.15, -0.1) is 0 Å². The maximum absolute atomic E-state index is 9.33. The Bertz CT molecular complexity index is 4890. The molecule has 0 radical (unpaired) electrons. The maximum Gasteiger partial charge on any atom is 0.269 e. The number of ether oxygens (including phenoxy) is 1. The maximum atomic E-state index is 9.33. The smallest absolute Gasteiger partial charge is 0.269 e. The molecule has 0 fully saturated rings. The average molecular weight is 1030 g/mol. The summed E-state index contributed by atoms with van der Waals surface area (Å²) in [6.45, 7) is 16.8. The van der Waals surface area contributed by atoms with E-state index in [-0.39, 0.29) is 56.4 Å². The number of hydrogen-bond donors (Lipinski definition) is 0. The van der Waals surface area contributed by atoms with Crippen LogP contribution in [0.2, 0.25) is 0 Å². The molecule has 0 unspecified atom stereocenters. The van der Waals surface area contributed by atoms with E-state index in [1.165, 1.54) is 12.3 Å². The van der Waals surface area contributed by atoms with Gasteiger partial charge < -0.3 is 4.74 Å². The van der Waals surface area contributed by atoms with E-state index in [0.29, 0.717) is 33.8 Å². The Morgan fingerprint density at radius 2 is 1.10 bits per heavy atom. The van der Waals surface area contributed by atoms with Crippen LogP contribution in [0.3, 0.4) is 0 Å². The van der Waals surface area contributed by atoms with Crippen molar-refractivity contribution in [1.29, 1.82) is 0 Å². The number of pyridine rings is 1. The lowest BCUT2D eigenvalue weighted by atomic mass is 9.78. The van der Waals surface area contributed by atoms with E-state index in [1.54, 1.807) is 0 Å². The van der Waals surface area contributed by atoms with Crippen molar-refractivity contribution in [3.8, 4) is 73.2 Å². The summed E-state index contributed by atoms with van der Waals surface area (Å²) in [6, 6.07) is 44.6. The highest BCUT2D eigenvalue weighted by Gasteiger charge is 2.27. The fourth-order valence-electron chi connectivity index (χ4n) is 10.3. The highest BCUT2D eigenvalue weighted by atomic mass is 16.5. The highest BCUT2D eigenvalue weighted by molar-refractivity contribution is 6.09. The predicted molar refractivity (Wildman–Crippen MR) is 325 cm³/mol. The monoisotopic (exact) mass is 1030 g/mol. The molecular formula is C73H66N4O. The Morgan fingerprint density at radius 1 is 0.487 bits per heavy atom. The van der Waals surface area contributed by atoms with Crippen LogP contribution < -0.4 is 9.30 Å². The lowest BCUT2D eigenvalue weighted by Gasteiger charge is -2.27. The highest BCUT2D eigenvalue weighted by Crippen LogP contribution is 2.43. The fourth-order valence-corrected chi connectivity index (χ4v) is 10.3. The summed E-state index contributed by atoms with van der Waals surface area (Å²) in [4.78, 5) is 4.76. The van der Waals surface area contributed by atoms with Gasteiger partial charge in [0.05, 0.1) is 47.1 Å². The van der Waals surface area contributed by atoms with Crippen LogP contribution in [0.4, 0.5) is 0 Å². The largest absolute Gasteiger partial charge is 0.458 e. The van der Waals surface area contributed by atoms with Crippen molar-refractivity contribution < 1.29 is 27.1 Å². The van der Waals surface area contributed by atoms with Gasteiger partial charge in [-0.3, -0.25) is 13.7 Å². The minimum atomic E-state index is -2.78. The van der Waals surface area contributed by atoms with Gasteiger partial charge in [0.2, 0.25) is 0 Å². The van der Waals surface area contributed by atoms with Crippen LogP contribution in [0.25, 0.3) is 94.5 Å². The third kappa shape index (κ3) is 9.38. The van der Waals surface area contributed by atoms with E-state index < -0.39 is 55.2 Å². The molecule has 3 heterocycles. The van der Waals surface area contributed by atoms with E-state index in [0.717, 1.165) is 66.4 Å². The molecule has 0 N–H and O–H groups in total. The summed E-state index contributed by atoms with van der Waals surface area (Å²) in [7, 11) is 0. The zero-order valence-electron chi connectivity index (χ0n) is 58.2. The Labute approximate surface area is 478 Å². The number of aryl methyl sites for hydroxylation is 1. The Hall–Kier alpha value is -8.80. The number of benzene rings is 9. The molecule has 78 heavy (non-hydrogen) atoms. The first-order valence-corrected chi connectivity index (χ1v) is 26.2. The first-order valence-electron chi connectivity index (χ1n) is 32.7. The van der Waals surface area contributed by atoms with E-state index in [1.807, 2.05) is 118 Å². The van der Waals surface area contributed by atoms with Gasteiger partial charge in [-0.2, -0.15) is 0 Å². The molecule has 5 nitrogen and oxygen atoms in total. The zero-order chi connectivity index (χ0) is 65.3. The molecule has 12 rings (SSSR count). The number of nitrogens with zero attached hydrogens (tertiary/aromatic N) is 4. The summed E-state index contributed by atoms with van der Waals surface area (Å²) < 4.78 is 126. The van der Waals surface area contributed by atoms with Crippen LogP contribution >= 0.6 is 0 Å². The molecule has 384 valence electrons. The van der Waals surface area contributed by atoms with Gasteiger partial charge >= 0.3 is 0 Å². The quantitative estimate of drug-likeness (QED) is 0.107. The van der Waals surface area contributed by atoms with Crippen LogP contribution in [0.1, 0.15) is 102 Å². The third-order valence-corrected chi connectivity index (χ3v) is 14.5. The number of para-hydroxylation sites is 3. The average Bonchev–Trinajstić information content (AvgIpc) is 1.72. The van der Waals surface area contributed by atoms with Crippen molar-refractivity contribution in [3.05, 3.63) is 247 Å². The summed E-state index contributed by atoms with van der Waals surface area (Å²) in [5.41, 5.74) is 10.1. The molecular weight excluding hydrogens is 949 g/mol. The van der Waals surface area contributed by atoms with Crippen molar-refractivity contribution in [3.63, 3.8) is 0 Å². The van der Waals surface area contributed by atoms with Crippen LogP contribution in [0.15, 0.2) is 218 Å². The van der Waals surface area contributed by atoms with Crippen LogP contribution in [0, 0.1) is 13.2 Å². The van der Waals surface area contributed by atoms with Crippen LogP contribution in [0.5, 0.6) is 11.5 Å². The van der Waals surface area contributed by atoms with E-state index in [2.05, 4.69) is 110 Å². The first-order chi connectivity index (χ1) is 42.8. The molecule has 0 saturated heterocycles. The molecule has 0 amide bonds. The van der Waals surface area contributed by atoms with Crippen molar-refractivity contribution in [2.45, 2.75) is 85.4 Å². The van der Waals surface area contributed by atoms with Gasteiger partial charge in [-0.1, -0.05) is 214 Å². The second kappa shape index (κ2) is 19.3. The topological polar surface area (TPSA) is 35.9 Å². The Kier molecular flexibility index (Phi) is 9.19. The van der Waals surface area contributed by atoms with Gasteiger partial charge in [0.1, 0.15) is 17.3 Å².